The van der Waals surface area contributed by atoms with E-state index in [0.717, 1.165) is 16.6 Å². The standard InChI is InChI=1S/C15H12ClN3O2/c1-8-9(2)19-21-15(8)18-14(20)13-7-11(16)10-5-3-4-6-12(10)17-13/h3-7H,1-2H3,(H,18,20). The Morgan fingerprint density at radius 3 is 2.76 bits per heavy atom. The number of aromatic nitrogens is 2. The summed E-state index contributed by atoms with van der Waals surface area (Å²) in [5, 5.41) is 7.73. The lowest BCUT2D eigenvalue weighted by molar-refractivity contribution is 0.101. The second-order valence-electron chi connectivity index (χ2n) is 4.68. The Bertz CT molecular complexity index is 842. The van der Waals surface area contributed by atoms with Crippen LogP contribution in [0.15, 0.2) is 34.9 Å². The molecule has 2 aromatic heterocycles. The third-order valence-electron chi connectivity index (χ3n) is 3.28. The predicted molar refractivity (Wildman–Crippen MR) is 80.7 cm³/mol. The van der Waals surface area contributed by atoms with Gasteiger partial charge in [-0.15, -0.1) is 0 Å². The van der Waals surface area contributed by atoms with Gasteiger partial charge in [-0.05, 0) is 26.0 Å². The molecule has 106 valence electrons. The van der Waals surface area contributed by atoms with Gasteiger partial charge >= 0.3 is 0 Å². The van der Waals surface area contributed by atoms with E-state index < -0.39 is 0 Å². The summed E-state index contributed by atoms with van der Waals surface area (Å²) in [6.45, 7) is 3.63. The molecule has 0 atom stereocenters. The van der Waals surface area contributed by atoms with Gasteiger partial charge in [-0.1, -0.05) is 35.0 Å². The van der Waals surface area contributed by atoms with Gasteiger partial charge in [0.1, 0.15) is 5.69 Å². The minimum absolute atomic E-state index is 0.229. The van der Waals surface area contributed by atoms with Crippen molar-refractivity contribution in [3.63, 3.8) is 0 Å². The number of pyridine rings is 1. The Kier molecular flexibility index (Phi) is 3.35. The lowest BCUT2D eigenvalue weighted by Crippen LogP contribution is -2.14. The summed E-state index contributed by atoms with van der Waals surface area (Å²) in [6, 6.07) is 8.92. The molecule has 21 heavy (non-hydrogen) atoms. The molecule has 2 heterocycles. The maximum atomic E-state index is 12.3. The normalized spacial score (nSPS) is 10.8. The fourth-order valence-electron chi connectivity index (χ4n) is 1.95. The van der Waals surface area contributed by atoms with Crippen LogP contribution >= 0.6 is 11.6 Å². The van der Waals surface area contributed by atoms with Gasteiger partial charge in [0.05, 0.1) is 16.2 Å². The van der Waals surface area contributed by atoms with Gasteiger partial charge in [-0.2, -0.15) is 0 Å². The van der Waals surface area contributed by atoms with Crippen LogP contribution in [0.25, 0.3) is 10.9 Å². The molecule has 0 aliphatic heterocycles. The molecule has 0 radical (unpaired) electrons. The van der Waals surface area contributed by atoms with Crippen molar-refractivity contribution in [2.45, 2.75) is 13.8 Å². The number of fused-ring (bicyclic) bond motifs is 1. The van der Waals surface area contributed by atoms with Gasteiger partial charge in [0.15, 0.2) is 0 Å². The van der Waals surface area contributed by atoms with Crippen LogP contribution in [-0.2, 0) is 0 Å². The van der Waals surface area contributed by atoms with Crippen LogP contribution in [-0.4, -0.2) is 16.0 Å². The lowest BCUT2D eigenvalue weighted by Gasteiger charge is -2.05. The summed E-state index contributed by atoms with van der Waals surface area (Å²) in [7, 11) is 0. The van der Waals surface area contributed by atoms with Crippen LogP contribution < -0.4 is 5.32 Å². The van der Waals surface area contributed by atoms with Crippen LogP contribution in [0, 0.1) is 13.8 Å². The Balaban J connectivity index is 1.96. The SMILES string of the molecule is Cc1noc(NC(=O)c2cc(Cl)c3ccccc3n2)c1C. The number of para-hydroxylation sites is 1. The summed E-state index contributed by atoms with van der Waals surface area (Å²) in [5.74, 6) is -0.0644. The van der Waals surface area contributed by atoms with Crippen molar-refractivity contribution in [3.05, 3.63) is 52.3 Å². The average Bonchev–Trinajstić information content (AvgIpc) is 2.79. The predicted octanol–water partition coefficient (Wildman–Crippen LogP) is 3.75. The highest BCUT2D eigenvalue weighted by Crippen LogP contribution is 2.24. The topological polar surface area (TPSA) is 68.0 Å². The Labute approximate surface area is 125 Å². The molecule has 3 rings (SSSR count). The Hall–Kier alpha value is -2.40. The second kappa shape index (κ2) is 5.18. The van der Waals surface area contributed by atoms with E-state index in [2.05, 4.69) is 15.5 Å². The van der Waals surface area contributed by atoms with Crippen LogP contribution in [0.1, 0.15) is 21.7 Å². The molecule has 1 amide bonds. The first kappa shape index (κ1) is 13.6. The molecule has 0 saturated carbocycles. The van der Waals surface area contributed by atoms with Gasteiger partial charge in [-0.25, -0.2) is 4.98 Å². The minimum atomic E-state index is -0.387. The zero-order chi connectivity index (χ0) is 15.0. The van der Waals surface area contributed by atoms with E-state index in [0.29, 0.717) is 16.4 Å². The van der Waals surface area contributed by atoms with E-state index >= 15 is 0 Å². The summed E-state index contributed by atoms with van der Waals surface area (Å²) in [6.07, 6.45) is 0. The van der Waals surface area contributed by atoms with Crippen LogP contribution in [0.5, 0.6) is 0 Å². The average molecular weight is 302 g/mol. The van der Waals surface area contributed by atoms with Gasteiger partial charge in [0.25, 0.3) is 5.91 Å². The molecule has 1 aromatic carbocycles. The van der Waals surface area contributed by atoms with Gasteiger partial charge in [-0.3, -0.25) is 10.1 Å². The number of carbonyl (C=O) groups is 1. The number of nitrogens with zero attached hydrogens (tertiary/aromatic N) is 2. The van der Waals surface area contributed by atoms with Crippen molar-refractivity contribution in [1.29, 1.82) is 0 Å². The van der Waals surface area contributed by atoms with E-state index in [1.165, 1.54) is 6.07 Å². The summed E-state index contributed by atoms with van der Waals surface area (Å²) in [4.78, 5) is 16.6. The third kappa shape index (κ3) is 2.48. The number of hydrogen-bond acceptors (Lipinski definition) is 4. The van der Waals surface area contributed by atoms with Crippen LogP contribution in [0.2, 0.25) is 5.02 Å². The first-order valence-electron chi connectivity index (χ1n) is 6.36. The molecule has 0 fully saturated rings. The molecular formula is C15H12ClN3O2. The third-order valence-corrected chi connectivity index (χ3v) is 3.60. The van der Waals surface area contributed by atoms with Gasteiger partial charge in [0.2, 0.25) is 5.88 Å². The molecule has 0 spiro atoms. The molecule has 0 aliphatic rings. The van der Waals surface area contributed by atoms with Crippen molar-refractivity contribution in [3.8, 4) is 0 Å². The van der Waals surface area contributed by atoms with Crippen molar-refractivity contribution in [2.24, 2.45) is 0 Å². The van der Waals surface area contributed by atoms with Crippen LogP contribution in [0.3, 0.4) is 0 Å². The number of aryl methyl sites for hydroxylation is 1. The number of carbonyl (C=O) groups excluding carboxylic acids is 1. The molecular weight excluding hydrogens is 290 g/mol. The zero-order valence-corrected chi connectivity index (χ0v) is 12.2. The fraction of sp³-hybridized carbons (Fsp3) is 0.133. The molecule has 0 aliphatic carbocycles. The Morgan fingerprint density at radius 1 is 1.29 bits per heavy atom. The van der Waals surface area contributed by atoms with E-state index in [-0.39, 0.29) is 11.6 Å². The number of rotatable bonds is 2. The lowest BCUT2D eigenvalue weighted by atomic mass is 10.2. The van der Waals surface area contributed by atoms with Gasteiger partial charge in [0, 0.05) is 10.9 Å². The minimum Gasteiger partial charge on any atom is -0.338 e. The molecule has 3 aromatic rings. The van der Waals surface area contributed by atoms with E-state index in [1.54, 1.807) is 6.92 Å². The summed E-state index contributed by atoms with van der Waals surface area (Å²) in [5.41, 5.74) is 2.41. The highest BCUT2D eigenvalue weighted by Gasteiger charge is 2.15. The quantitative estimate of drug-likeness (QED) is 0.783. The summed E-state index contributed by atoms with van der Waals surface area (Å²) >= 11 is 6.19. The molecule has 0 saturated heterocycles. The molecule has 1 N–H and O–H groups in total. The first-order chi connectivity index (χ1) is 10.1. The van der Waals surface area contributed by atoms with Crippen molar-refractivity contribution in [1.82, 2.24) is 10.1 Å². The van der Waals surface area contributed by atoms with Gasteiger partial charge < -0.3 is 4.52 Å². The summed E-state index contributed by atoms with van der Waals surface area (Å²) < 4.78 is 5.06. The highest BCUT2D eigenvalue weighted by molar-refractivity contribution is 6.35. The number of benzene rings is 1. The van der Waals surface area contributed by atoms with E-state index in [9.17, 15) is 4.79 Å². The molecule has 5 nitrogen and oxygen atoms in total. The second-order valence-corrected chi connectivity index (χ2v) is 5.09. The number of nitrogens with one attached hydrogen (secondary N) is 1. The smallest absolute Gasteiger partial charge is 0.276 e. The van der Waals surface area contributed by atoms with Crippen molar-refractivity contribution in [2.75, 3.05) is 5.32 Å². The van der Waals surface area contributed by atoms with Crippen molar-refractivity contribution < 1.29 is 9.32 Å². The maximum absolute atomic E-state index is 12.3. The highest BCUT2D eigenvalue weighted by atomic mass is 35.5. The number of anilines is 1. The Morgan fingerprint density at radius 2 is 2.05 bits per heavy atom. The van der Waals surface area contributed by atoms with E-state index in [1.807, 2.05) is 31.2 Å². The van der Waals surface area contributed by atoms with Crippen LogP contribution in [0.4, 0.5) is 5.88 Å². The molecule has 6 heteroatoms. The fourth-order valence-corrected chi connectivity index (χ4v) is 2.21. The number of halogens is 1. The van der Waals surface area contributed by atoms with E-state index in [4.69, 9.17) is 16.1 Å². The maximum Gasteiger partial charge on any atom is 0.276 e. The monoisotopic (exact) mass is 301 g/mol. The molecule has 0 unspecified atom stereocenters. The molecule has 0 bridgehead atoms. The van der Waals surface area contributed by atoms with Crippen molar-refractivity contribution >= 4 is 34.3 Å². The number of hydrogen-bond donors (Lipinski definition) is 1. The zero-order valence-electron chi connectivity index (χ0n) is 11.5. The number of amides is 1. The largest absolute Gasteiger partial charge is 0.338 e. The first-order valence-corrected chi connectivity index (χ1v) is 6.73.